The SMILES string of the molecule is CCOC(=O)c1cnc2c(ccc3[nH]n(C)nc32)c1=O. The second-order valence-electron chi connectivity index (χ2n) is 4.31. The number of pyridine rings is 1. The third-order valence-corrected chi connectivity index (χ3v) is 2.99. The fourth-order valence-electron chi connectivity index (χ4n) is 2.12. The Morgan fingerprint density at radius 1 is 1.40 bits per heavy atom. The van der Waals surface area contributed by atoms with Crippen LogP contribution in [0.1, 0.15) is 17.3 Å². The Morgan fingerprint density at radius 3 is 2.95 bits per heavy atom. The first-order chi connectivity index (χ1) is 9.61. The molecule has 3 aromatic rings. The number of esters is 1. The average molecular weight is 272 g/mol. The van der Waals surface area contributed by atoms with Crippen molar-refractivity contribution >= 4 is 27.9 Å². The van der Waals surface area contributed by atoms with E-state index in [0.717, 1.165) is 5.52 Å². The van der Waals surface area contributed by atoms with Crippen molar-refractivity contribution in [2.75, 3.05) is 6.61 Å². The molecule has 0 aliphatic carbocycles. The molecule has 0 saturated carbocycles. The maximum absolute atomic E-state index is 12.3. The number of aromatic nitrogens is 4. The highest BCUT2D eigenvalue weighted by Crippen LogP contribution is 2.18. The van der Waals surface area contributed by atoms with Crippen LogP contribution in [0.25, 0.3) is 21.9 Å². The van der Waals surface area contributed by atoms with Gasteiger partial charge in [0.05, 0.1) is 17.5 Å². The smallest absolute Gasteiger partial charge is 0.343 e. The minimum Gasteiger partial charge on any atom is -0.462 e. The third kappa shape index (κ3) is 1.75. The van der Waals surface area contributed by atoms with Gasteiger partial charge in [0, 0.05) is 13.2 Å². The highest BCUT2D eigenvalue weighted by Gasteiger charge is 2.16. The van der Waals surface area contributed by atoms with Gasteiger partial charge in [0.25, 0.3) is 0 Å². The molecule has 7 nitrogen and oxygen atoms in total. The van der Waals surface area contributed by atoms with E-state index >= 15 is 0 Å². The molecule has 2 aromatic heterocycles. The first kappa shape index (κ1) is 12.3. The molecule has 20 heavy (non-hydrogen) atoms. The van der Waals surface area contributed by atoms with Crippen LogP contribution in [0.5, 0.6) is 0 Å². The van der Waals surface area contributed by atoms with Crippen molar-refractivity contribution in [1.29, 1.82) is 0 Å². The summed E-state index contributed by atoms with van der Waals surface area (Å²) in [6.45, 7) is 1.90. The predicted octanol–water partition coefficient (Wildman–Crippen LogP) is 0.986. The number of carbonyl (C=O) groups is 1. The van der Waals surface area contributed by atoms with Crippen LogP contribution >= 0.6 is 0 Å². The van der Waals surface area contributed by atoms with Crippen molar-refractivity contribution in [2.45, 2.75) is 6.92 Å². The number of fused-ring (bicyclic) bond motifs is 3. The van der Waals surface area contributed by atoms with E-state index < -0.39 is 5.97 Å². The lowest BCUT2D eigenvalue weighted by atomic mass is 10.1. The van der Waals surface area contributed by atoms with Crippen LogP contribution in [0.2, 0.25) is 0 Å². The topological polar surface area (TPSA) is 89.9 Å². The van der Waals surface area contributed by atoms with Crippen LogP contribution < -0.4 is 5.43 Å². The molecule has 0 radical (unpaired) electrons. The van der Waals surface area contributed by atoms with Crippen molar-refractivity contribution in [3.8, 4) is 0 Å². The molecule has 2 heterocycles. The highest BCUT2D eigenvalue weighted by atomic mass is 16.5. The summed E-state index contributed by atoms with van der Waals surface area (Å²) >= 11 is 0. The Labute approximate surface area is 113 Å². The molecular formula is C13H12N4O3. The lowest BCUT2D eigenvalue weighted by molar-refractivity contribution is 0.0524. The van der Waals surface area contributed by atoms with Gasteiger partial charge in [-0.2, -0.15) is 5.10 Å². The number of carbonyl (C=O) groups excluding carboxylic acids is 1. The van der Waals surface area contributed by atoms with Gasteiger partial charge in [-0.05, 0) is 19.1 Å². The Kier molecular flexibility index (Phi) is 2.74. The molecule has 7 heteroatoms. The van der Waals surface area contributed by atoms with E-state index in [1.54, 1.807) is 26.1 Å². The Hall–Kier alpha value is -2.70. The molecule has 102 valence electrons. The van der Waals surface area contributed by atoms with Crippen LogP contribution in [0, 0.1) is 0 Å². The van der Waals surface area contributed by atoms with Gasteiger partial charge in [-0.3, -0.25) is 14.9 Å². The van der Waals surface area contributed by atoms with Crippen LogP contribution in [0.4, 0.5) is 0 Å². The Morgan fingerprint density at radius 2 is 2.20 bits per heavy atom. The van der Waals surface area contributed by atoms with Gasteiger partial charge >= 0.3 is 5.97 Å². The molecule has 0 aliphatic rings. The van der Waals surface area contributed by atoms with E-state index in [-0.39, 0.29) is 17.6 Å². The first-order valence-corrected chi connectivity index (χ1v) is 6.13. The summed E-state index contributed by atoms with van der Waals surface area (Å²) in [5.41, 5.74) is 1.39. The summed E-state index contributed by atoms with van der Waals surface area (Å²) in [6.07, 6.45) is 1.25. The highest BCUT2D eigenvalue weighted by molar-refractivity contribution is 6.03. The number of aromatic amines is 1. The molecule has 0 spiro atoms. The molecule has 0 amide bonds. The van der Waals surface area contributed by atoms with Gasteiger partial charge in [0.1, 0.15) is 16.6 Å². The van der Waals surface area contributed by atoms with Crippen LogP contribution in [0.15, 0.2) is 23.1 Å². The first-order valence-electron chi connectivity index (χ1n) is 6.13. The number of nitrogens with zero attached hydrogens (tertiary/aromatic N) is 3. The lowest BCUT2D eigenvalue weighted by Gasteiger charge is -2.02. The van der Waals surface area contributed by atoms with Gasteiger partial charge in [-0.15, -0.1) is 0 Å². The van der Waals surface area contributed by atoms with E-state index in [9.17, 15) is 9.59 Å². The van der Waals surface area contributed by atoms with Gasteiger partial charge in [-0.1, -0.05) is 0 Å². The van der Waals surface area contributed by atoms with Crippen molar-refractivity contribution in [1.82, 2.24) is 20.0 Å². The molecular weight excluding hydrogens is 260 g/mol. The zero-order valence-electron chi connectivity index (χ0n) is 11.0. The summed E-state index contributed by atoms with van der Waals surface area (Å²) in [4.78, 5) is 29.7. The average Bonchev–Trinajstić information content (AvgIpc) is 2.80. The Balaban J connectivity index is 2.31. The van der Waals surface area contributed by atoms with Crippen molar-refractivity contribution in [3.63, 3.8) is 0 Å². The molecule has 0 saturated heterocycles. The minimum absolute atomic E-state index is 0.0568. The second-order valence-corrected chi connectivity index (χ2v) is 4.31. The number of nitrogens with one attached hydrogen (secondary N) is 1. The monoisotopic (exact) mass is 272 g/mol. The van der Waals surface area contributed by atoms with E-state index in [1.165, 1.54) is 11.0 Å². The minimum atomic E-state index is -0.653. The van der Waals surface area contributed by atoms with E-state index in [0.29, 0.717) is 16.4 Å². The second kappa shape index (κ2) is 4.44. The van der Waals surface area contributed by atoms with Gasteiger partial charge in [-0.25, -0.2) is 9.59 Å². The number of H-pyrrole nitrogens is 1. The molecule has 0 unspecified atom stereocenters. The lowest BCUT2D eigenvalue weighted by Crippen LogP contribution is -2.18. The normalized spacial score (nSPS) is 11.1. The van der Waals surface area contributed by atoms with E-state index in [4.69, 9.17) is 4.74 Å². The van der Waals surface area contributed by atoms with Gasteiger partial charge < -0.3 is 4.74 Å². The maximum Gasteiger partial charge on any atom is 0.343 e. The summed E-state index contributed by atoms with van der Waals surface area (Å²) in [7, 11) is 1.75. The zero-order valence-corrected chi connectivity index (χ0v) is 11.0. The van der Waals surface area contributed by atoms with E-state index in [2.05, 4.69) is 15.2 Å². The molecule has 1 aromatic carbocycles. The summed E-state index contributed by atoms with van der Waals surface area (Å²) < 4.78 is 4.84. The molecule has 0 fully saturated rings. The Bertz CT molecular complexity index is 878. The molecule has 0 bridgehead atoms. The fraction of sp³-hybridized carbons (Fsp3) is 0.231. The van der Waals surface area contributed by atoms with Gasteiger partial charge in [0.15, 0.2) is 0 Å². The summed E-state index contributed by atoms with van der Waals surface area (Å²) in [5.74, 6) is -0.653. The number of rotatable bonds is 2. The van der Waals surface area contributed by atoms with Crippen LogP contribution in [0.3, 0.4) is 0 Å². The third-order valence-electron chi connectivity index (χ3n) is 2.99. The number of aryl methyl sites for hydroxylation is 1. The van der Waals surface area contributed by atoms with Crippen molar-refractivity contribution in [2.24, 2.45) is 7.05 Å². The van der Waals surface area contributed by atoms with Crippen molar-refractivity contribution in [3.05, 3.63) is 34.1 Å². The number of hydrogen-bond donors (Lipinski definition) is 1. The summed E-state index contributed by atoms with van der Waals surface area (Å²) in [6, 6.07) is 3.37. The van der Waals surface area contributed by atoms with Crippen LogP contribution in [-0.4, -0.2) is 32.6 Å². The number of hydrogen-bond acceptors (Lipinski definition) is 5. The maximum atomic E-state index is 12.3. The predicted molar refractivity (Wildman–Crippen MR) is 72.6 cm³/mol. The van der Waals surface area contributed by atoms with Gasteiger partial charge in [0.2, 0.25) is 5.43 Å². The van der Waals surface area contributed by atoms with Crippen molar-refractivity contribution < 1.29 is 9.53 Å². The number of ether oxygens (including phenoxy) is 1. The fourth-order valence-corrected chi connectivity index (χ4v) is 2.12. The number of benzene rings is 1. The quantitative estimate of drug-likeness (QED) is 0.702. The standard InChI is InChI=1S/C13H12N4O3/c1-3-20-13(19)8-6-14-10-7(12(8)18)4-5-9-11(10)16-17(2)15-9/h4-6,15H,3H2,1-2H3. The molecule has 0 aliphatic heterocycles. The van der Waals surface area contributed by atoms with E-state index in [1.807, 2.05) is 0 Å². The van der Waals surface area contributed by atoms with Crippen LogP contribution in [-0.2, 0) is 11.8 Å². The largest absolute Gasteiger partial charge is 0.462 e. The zero-order chi connectivity index (χ0) is 14.3. The molecule has 0 atom stereocenters. The molecule has 3 rings (SSSR count). The summed E-state index contributed by atoms with van der Waals surface area (Å²) in [5, 5.41) is 7.59. The molecule has 1 N–H and O–H groups in total.